The van der Waals surface area contributed by atoms with Crippen LogP contribution in [0.1, 0.15) is 20.3 Å². The number of alkyl halides is 1. The van der Waals surface area contributed by atoms with Crippen LogP contribution in [0, 0.1) is 17.3 Å². The number of hydrogen-bond acceptors (Lipinski definition) is 1. The third-order valence-corrected chi connectivity index (χ3v) is 5.27. The summed E-state index contributed by atoms with van der Waals surface area (Å²) in [5.74, 6) is 0.942. The molecular formula is C14H20FN. The lowest BCUT2D eigenvalue weighted by Gasteiger charge is -2.43. The quantitative estimate of drug-likeness (QED) is 0.569. The van der Waals surface area contributed by atoms with Crippen molar-refractivity contribution in [1.29, 1.82) is 0 Å². The fourth-order valence-electron chi connectivity index (χ4n) is 4.14. The van der Waals surface area contributed by atoms with Crippen molar-refractivity contribution in [3.05, 3.63) is 23.3 Å². The molecule has 0 radical (unpaired) electrons. The number of hydrogen-bond donors (Lipinski definition) is 0. The van der Waals surface area contributed by atoms with Crippen LogP contribution < -0.4 is 0 Å². The van der Waals surface area contributed by atoms with Gasteiger partial charge in [0.1, 0.15) is 6.17 Å². The number of halogens is 1. The van der Waals surface area contributed by atoms with Gasteiger partial charge < -0.3 is 4.90 Å². The molecule has 0 unspecified atom stereocenters. The van der Waals surface area contributed by atoms with Crippen molar-refractivity contribution in [2.24, 2.45) is 17.3 Å². The molecule has 1 aliphatic heterocycles. The van der Waals surface area contributed by atoms with Crippen LogP contribution in [0.2, 0.25) is 0 Å². The zero-order valence-electron chi connectivity index (χ0n) is 10.4. The Labute approximate surface area is 97.0 Å². The summed E-state index contributed by atoms with van der Waals surface area (Å²) >= 11 is 0. The minimum atomic E-state index is -0.713. The number of piperidine rings is 1. The molecule has 88 valence electrons. The van der Waals surface area contributed by atoms with Gasteiger partial charge in [0.05, 0.1) is 0 Å². The highest BCUT2D eigenvalue weighted by Gasteiger charge is 2.66. The van der Waals surface area contributed by atoms with Gasteiger partial charge in [-0.2, -0.15) is 0 Å². The van der Waals surface area contributed by atoms with E-state index in [2.05, 4.69) is 25.3 Å². The van der Waals surface area contributed by atoms with E-state index in [0.717, 1.165) is 13.0 Å². The molecule has 2 aliphatic carbocycles. The molecule has 4 atom stereocenters. The maximum Gasteiger partial charge on any atom is 0.123 e. The predicted octanol–water partition coefficient (Wildman–Crippen LogP) is 2.80. The molecule has 0 aromatic heterocycles. The number of rotatable bonds is 0. The molecule has 3 aliphatic rings. The van der Waals surface area contributed by atoms with Crippen LogP contribution in [0.5, 0.6) is 0 Å². The molecular weight excluding hydrogens is 201 g/mol. The predicted molar refractivity (Wildman–Crippen MR) is 63.9 cm³/mol. The topological polar surface area (TPSA) is 3.24 Å². The second-order valence-electron chi connectivity index (χ2n) is 5.86. The van der Waals surface area contributed by atoms with Gasteiger partial charge in [-0.1, -0.05) is 23.3 Å². The van der Waals surface area contributed by atoms with Gasteiger partial charge in [-0.3, -0.25) is 0 Å². The Balaban J connectivity index is 2.02. The number of likely N-dealkylation sites (tertiary alicyclic amines) is 1. The Kier molecular flexibility index (Phi) is 1.96. The Morgan fingerprint density at radius 3 is 2.69 bits per heavy atom. The van der Waals surface area contributed by atoms with E-state index in [1.54, 1.807) is 0 Å². The number of allylic oxidation sites excluding steroid dienone is 3. The van der Waals surface area contributed by atoms with Crippen molar-refractivity contribution >= 4 is 0 Å². The van der Waals surface area contributed by atoms with Gasteiger partial charge in [-0.15, -0.1) is 0 Å². The van der Waals surface area contributed by atoms with Crippen LogP contribution in [0.15, 0.2) is 23.3 Å². The first-order valence-corrected chi connectivity index (χ1v) is 6.19. The van der Waals surface area contributed by atoms with E-state index < -0.39 is 6.17 Å². The molecule has 0 aromatic rings. The fourth-order valence-corrected chi connectivity index (χ4v) is 4.14. The maximum absolute atomic E-state index is 14.6. The fraction of sp³-hybridized carbons (Fsp3) is 0.714. The Morgan fingerprint density at radius 2 is 2.12 bits per heavy atom. The molecule has 1 saturated heterocycles. The van der Waals surface area contributed by atoms with Gasteiger partial charge >= 0.3 is 0 Å². The van der Waals surface area contributed by atoms with Crippen molar-refractivity contribution in [2.45, 2.75) is 26.4 Å². The van der Waals surface area contributed by atoms with Crippen LogP contribution in [0.3, 0.4) is 0 Å². The average Bonchev–Trinajstić information content (AvgIpc) is 2.82. The Bertz CT molecular complexity index is 398. The van der Waals surface area contributed by atoms with Crippen molar-refractivity contribution < 1.29 is 4.39 Å². The van der Waals surface area contributed by atoms with E-state index >= 15 is 0 Å². The van der Waals surface area contributed by atoms with E-state index in [9.17, 15) is 4.39 Å². The molecule has 3 rings (SSSR count). The Hall–Kier alpha value is -0.630. The zero-order chi connectivity index (χ0) is 11.7. The summed E-state index contributed by atoms with van der Waals surface area (Å²) in [4.78, 5) is 2.11. The van der Waals surface area contributed by atoms with Crippen molar-refractivity contribution in [3.8, 4) is 0 Å². The largest absolute Gasteiger partial charge is 0.303 e. The summed E-state index contributed by atoms with van der Waals surface area (Å²) in [6.07, 6.45) is 0.254. The molecule has 0 amide bonds. The van der Waals surface area contributed by atoms with Crippen LogP contribution >= 0.6 is 0 Å². The minimum Gasteiger partial charge on any atom is -0.303 e. The third kappa shape index (κ3) is 0.994. The van der Waals surface area contributed by atoms with Gasteiger partial charge in [0.25, 0.3) is 0 Å². The molecule has 2 fully saturated rings. The SMILES string of the molecule is C=C1[C@@H]2C(C)=C(C)[C@@]3(CCN(C)C[C@H]3F)[C@H]12. The number of nitrogens with zero attached hydrogens (tertiary/aromatic N) is 1. The zero-order valence-corrected chi connectivity index (χ0v) is 10.4. The van der Waals surface area contributed by atoms with E-state index in [-0.39, 0.29) is 5.41 Å². The van der Waals surface area contributed by atoms with Gasteiger partial charge in [0.2, 0.25) is 0 Å². The van der Waals surface area contributed by atoms with Gasteiger partial charge in [0, 0.05) is 23.8 Å². The first-order valence-electron chi connectivity index (χ1n) is 6.19. The summed E-state index contributed by atoms with van der Waals surface area (Å²) in [7, 11) is 2.01. The van der Waals surface area contributed by atoms with Crippen molar-refractivity contribution in [1.82, 2.24) is 4.90 Å². The van der Waals surface area contributed by atoms with Gasteiger partial charge in [0.15, 0.2) is 0 Å². The maximum atomic E-state index is 14.6. The summed E-state index contributed by atoms with van der Waals surface area (Å²) in [6, 6.07) is 0. The molecule has 1 spiro atoms. The highest BCUT2D eigenvalue weighted by Crippen LogP contribution is 2.70. The highest BCUT2D eigenvalue weighted by molar-refractivity contribution is 5.52. The lowest BCUT2D eigenvalue weighted by atomic mass is 9.69. The number of fused-ring (bicyclic) bond motifs is 2. The first-order chi connectivity index (χ1) is 7.50. The van der Waals surface area contributed by atoms with Crippen LogP contribution in [0.25, 0.3) is 0 Å². The molecule has 1 saturated carbocycles. The molecule has 2 heteroatoms. The molecule has 1 nitrogen and oxygen atoms in total. The monoisotopic (exact) mass is 221 g/mol. The molecule has 16 heavy (non-hydrogen) atoms. The lowest BCUT2D eigenvalue weighted by Crippen LogP contribution is -2.48. The van der Waals surface area contributed by atoms with Crippen LogP contribution in [-0.2, 0) is 0 Å². The summed E-state index contributed by atoms with van der Waals surface area (Å²) < 4.78 is 14.6. The molecule has 0 aromatic carbocycles. The van der Waals surface area contributed by atoms with Crippen molar-refractivity contribution in [2.75, 3.05) is 20.1 Å². The second-order valence-corrected chi connectivity index (χ2v) is 5.86. The highest BCUT2D eigenvalue weighted by atomic mass is 19.1. The Morgan fingerprint density at radius 1 is 1.44 bits per heavy atom. The summed E-state index contributed by atoms with van der Waals surface area (Å²) in [6.45, 7) is 10.0. The average molecular weight is 221 g/mol. The third-order valence-electron chi connectivity index (χ3n) is 5.27. The molecule has 0 bridgehead atoms. The summed E-state index contributed by atoms with van der Waals surface area (Å²) in [5.41, 5.74) is 3.84. The first kappa shape index (κ1) is 10.5. The van der Waals surface area contributed by atoms with E-state index in [0.29, 0.717) is 18.4 Å². The second kappa shape index (κ2) is 2.98. The van der Waals surface area contributed by atoms with E-state index in [1.807, 2.05) is 7.05 Å². The molecule has 1 heterocycles. The normalized spacial score (nSPS) is 47.8. The van der Waals surface area contributed by atoms with E-state index in [1.165, 1.54) is 16.7 Å². The standard InChI is InChI=1S/C14H20FN/c1-8-10(3)14(13-9(2)12(8)13)5-6-16(4)7-11(14)15/h11-13H,2,5-7H2,1,3-4H3/t11-,12+,13-,14-/m1/s1. The van der Waals surface area contributed by atoms with Crippen LogP contribution in [-0.4, -0.2) is 31.2 Å². The smallest absolute Gasteiger partial charge is 0.123 e. The van der Waals surface area contributed by atoms with Gasteiger partial charge in [-0.25, -0.2) is 4.39 Å². The lowest BCUT2D eigenvalue weighted by molar-refractivity contribution is 0.0333. The van der Waals surface area contributed by atoms with Gasteiger partial charge in [-0.05, 0) is 33.9 Å². The minimum absolute atomic E-state index is 0.182. The van der Waals surface area contributed by atoms with E-state index in [4.69, 9.17) is 0 Å². The summed E-state index contributed by atoms with van der Waals surface area (Å²) in [5, 5.41) is 0. The van der Waals surface area contributed by atoms with Crippen LogP contribution in [0.4, 0.5) is 4.39 Å². The molecule has 0 N–H and O–H groups in total. The van der Waals surface area contributed by atoms with Crippen molar-refractivity contribution in [3.63, 3.8) is 0 Å².